The Hall–Kier alpha value is 0.310. The highest BCUT2D eigenvalue weighted by Crippen LogP contribution is 2.25. The van der Waals surface area contributed by atoms with E-state index in [2.05, 4.69) is 62.2 Å². The summed E-state index contributed by atoms with van der Waals surface area (Å²) in [5.74, 6) is 2.26. The smallest absolute Gasteiger partial charge is 0.191 e. The zero-order valence-electron chi connectivity index (χ0n) is 13.5. The van der Waals surface area contributed by atoms with Gasteiger partial charge in [0.2, 0.25) is 0 Å². The average molecular weight is 414 g/mol. The molecule has 1 rings (SSSR count). The van der Waals surface area contributed by atoms with Crippen LogP contribution >= 0.6 is 35.7 Å². The highest BCUT2D eigenvalue weighted by molar-refractivity contribution is 14.0. The van der Waals surface area contributed by atoms with Gasteiger partial charge in [0.15, 0.2) is 5.96 Å². The normalized spacial score (nSPS) is 19.9. The van der Waals surface area contributed by atoms with Gasteiger partial charge in [-0.1, -0.05) is 0 Å². The largest absolute Gasteiger partial charge is 0.357 e. The minimum absolute atomic E-state index is 0. The molecule has 1 unspecified atom stereocenters. The summed E-state index contributed by atoms with van der Waals surface area (Å²) in [4.78, 5) is 6.93. The maximum absolute atomic E-state index is 4.71. The van der Waals surface area contributed by atoms with E-state index in [1.54, 1.807) is 0 Å². The number of halogens is 1. The molecule has 1 heterocycles. The third-order valence-electron chi connectivity index (χ3n) is 3.70. The van der Waals surface area contributed by atoms with E-state index in [-0.39, 0.29) is 29.5 Å². The minimum atomic E-state index is 0. The molecular weight excluding hydrogens is 383 g/mol. The summed E-state index contributed by atoms with van der Waals surface area (Å²) in [7, 11) is 4.20. The van der Waals surface area contributed by atoms with Gasteiger partial charge in [-0.15, -0.1) is 24.0 Å². The Morgan fingerprint density at radius 1 is 1.35 bits per heavy atom. The Kier molecular flexibility index (Phi) is 10.3. The number of guanidine groups is 1. The van der Waals surface area contributed by atoms with Gasteiger partial charge in [0.05, 0.1) is 6.54 Å². The number of rotatable bonds is 6. The Morgan fingerprint density at radius 2 is 2.05 bits per heavy atom. The van der Waals surface area contributed by atoms with Crippen molar-refractivity contribution in [3.8, 4) is 0 Å². The summed E-state index contributed by atoms with van der Waals surface area (Å²) >= 11 is 2.08. The third kappa shape index (κ3) is 7.36. The Balaban J connectivity index is 0.00000361. The van der Waals surface area contributed by atoms with Crippen LogP contribution in [0.25, 0.3) is 0 Å². The summed E-state index contributed by atoms with van der Waals surface area (Å²) in [6.07, 6.45) is 2.69. The molecule has 0 aliphatic carbocycles. The van der Waals surface area contributed by atoms with Crippen LogP contribution < -0.4 is 10.6 Å². The molecule has 1 saturated heterocycles. The van der Waals surface area contributed by atoms with Crippen LogP contribution in [0, 0.1) is 0 Å². The molecule has 2 N–H and O–H groups in total. The van der Waals surface area contributed by atoms with Crippen molar-refractivity contribution in [3.05, 3.63) is 0 Å². The van der Waals surface area contributed by atoms with Gasteiger partial charge >= 0.3 is 0 Å². The molecule has 0 amide bonds. The molecule has 0 aromatic heterocycles. The van der Waals surface area contributed by atoms with Crippen LogP contribution in [0.3, 0.4) is 0 Å². The lowest BCUT2D eigenvalue weighted by Crippen LogP contribution is -2.44. The number of hydrogen-bond donors (Lipinski definition) is 2. The summed E-state index contributed by atoms with van der Waals surface area (Å²) < 4.78 is 0. The van der Waals surface area contributed by atoms with E-state index in [1.165, 1.54) is 18.6 Å². The van der Waals surface area contributed by atoms with E-state index in [0.29, 0.717) is 0 Å². The number of likely N-dealkylation sites (N-methyl/N-ethyl adjacent to an activating group) is 1. The first kappa shape index (κ1) is 20.3. The maximum Gasteiger partial charge on any atom is 0.191 e. The van der Waals surface area contributed by atoms with Crippen molar-refractivity contribution < 1.29 is 0 Å². The minimum Gasteiger partial charge on any atom is -0.357 e. The molecule has 0 radical (unpaired) electrons. The van der Waals surface area contributed by atoms with Gasteiger partial charge in [0, 0.05) is 23.9 Å². The number of nitrogens with zero attached hydrogens (tertiary/aromatic N) is 2. The van der Waals surface area contributed by atoms with Gasteiger partial charge < -0.3 is 15.5 Å². The second kappa shape index (κ2) is 10.1. The van der Waals surface area contributed by atoms with E-state index >= 15 is 0 Å². The van der Waals surface area contributed by atoms with Crippen LogP contribution in [-0.4, -0.2) is 61.1 Å². The van der Waals surface area contributed by atoms with E-state index < -0.39 is 0 Å². The molecule has 1 aliphatic rings. The number of thioether (sulfide) groups is 1. The van der Waals surface area contributed by atoms with Gasteiger partial charge in [-0.3, -0.25) is 4.99 Å². The second-order valence-electron chi connectivity index (χ2n) is 5.92. The average Bonchev–Trinajstić information content (AvgIpc) is 2.85. The molecule has 0 aromatic rings. The summed E-state index contributed by atoms with van der Waals surface area (Å²) in [6.45, 7) is 9.27. The fourth-order valence-electron chi connectivity index (χ4n) is 1.77. The van der Waals surface area contributed by atoms with Crippen molar-refractivity contribution >= 4 is 41.7 Å². The van der Waals surface area contributed by atoms with Crippen LogP contribution in [0.15, 0.2) is 4.99 Å². The van der Waals surface area contributed by atoms with Crippen molar-refractivity contribution in [1.29, 1.82) is 0 Å². The van der Waals surface area contributed by atoms with E-state index in [9.17, 15) is 0 Å². The predicted molar refractivity (Wildman–Crippen MR) is 103 cm³/mol. The quantitative estimate of drug-likeness (QED) is 0.398. The summed E-state index contributed by atoms with van der Waals surface area (Å²) in [6, 6.07) is 0. The molecule has 0 saturated carbocycles. The van der Waals surface area contributed by atoms with Crippen LogP contribution in [0.4, 0.5) is 0 Å². The van der Waals surface area contributed by atoms with Crippen LogP contribution in [-0.2, 0) is 0 Å². The third-order valence-corrected chi connectivity index (χ3v) is 5.10. The molecule has 20 heavy (non-hydrogen) atoms. The first-order valence-corrected chi connectivity index (χ1v) is 8.32. The molecule has 6 heteroatoms. The van der Waals surface area contributed by atoms with Gasteiger partial charge in [0.25, 0.3) is 0 Å². The first-order chi connectivity index (χ1) is 8.95. The molecule has 1 atom stereocenters. The number of nitrogens with one attached hydrogen (secondary N) is 2. The maximum atomic E-state index is 4.71. The lowest BCUT2D eigenvalue weighted by molar-refractivity contribution is 0.204. The fourth-order valence-corrected chi connectivity index (χ4v) is 2.97. The van der Waals surface area contributed by atoms with Gasteiger partial charge in [0.1, 0.15) is 0 Å². The molecule has 1 aliphatic heterocycles. The van der Waals surface area contributed by atoms with Crippen molar-refractivity contribution in [3.63, 3.8) is 0 Å². The second-order valence-corrected chi connectivity index (χ2v) is 7.33. The molecule has 0 aromatic carbocycles. The Bertz CT molecular complexity index is 289. The van der Waals surface area contributed by atoms with Crippen molar-refractivity contribution in [2.45, 2.75) is 44.4 Å². The monoisotopic (exact) mass is 414 g/mol. The highest BCUT2D eigenvalue weighted by Gasteiger charge is 2.20. The van der Waals surface area contributed by atoms with Crippen LogP contribution in [0.5, 0.6) is 0 Å². The topological polar surface area (TPSA) is 39.7 Å². The number of aliphatic imine (C=N–C) groups is 1. The van der Waals surface area contributed by atoms with Crippen molar-refractivity contribution in [2.24, 2.45) is 4.99 Å². The standard InChI is InChI=1S/C14H30N4S.HI/c1-6-15-13(16-10-12-8-7-9-19-12)17-11-14(2,3)18(4)5;/h12H,6-11H2,1-5H3,(H2,15,16,17);1H. The van der Waals surface area contributed by atoms with Crippen LogP contribution in [0.2, 0.25) is 0 Å². The summed E-state index contributed by atoms with van der Waals surface area (Å²) in [5, 5.41) is 7.56. The summed E-state index contributed by atoms with van der Waals surface area (Å²) in [5.41, 5.74) is 0.0878. The van der Waals surface area contributed by atoms with Crippen LogP contribution in [0.1, 0.15) is 33.6 Å². The Labute approximate surface area is 145 Å². The number of hydrogen-bond acceptors (Lipinski definition) is 3. The molecule has 4 nitrogen and oxygen atoms in total. The lowest BCUT2D eigenvalue weighted by atomic mass is 10.1. The molecule has 1 fully saturated rings. The van der Waals surface area contributed by atoms with Crippen molar-refractivity contribution in [1.82, 2.24) is 15.5 Å². The highest BCUT2D eigenvalue weighted by atomic mass is 127. The van der Waals surface area contributed by atoms with Gasteiger partial charge in [-0.2, -0.15) is 11.8 Å². The van der Waals surface area contributed by atoms with Crippen molar-refractivity contribution in [2.75, 3.05) is 39.5 Å². The SMILES string of the molecule is CCNC(=NCC(C)(C)N(C)C)NCC1CCCS1.I. The van der Waals surface area contributed by atoms with Gasteiger partial charge in [-0.25, -0.2) is 0 Å². The van der Waals surface area contributed by atoms with E-state index in [1.807, 2.05) is 0 Å². The zero-order valence-corrected chi connectivity index (χ0v) is 16.7. The van der Waals surface area contributed by atoms with E-state index in [4.69, 9.17) is 4.99 Å². The molecule has 120 valence electrons. The fraction of sp³-hybridized carbons (Fsp3) is 0.929. The predicted octanol–water partition coefficient (Wildman–Crippen LogP) is 2.40. The zero-order chi connectivity index (χ0) is 14.3. The first-order valence-electron chi connectivity index (χ1n) is 7.27. The Morgan fingerprint density at radius 3 is 2.55 bits per heavy atom. The molecule has 0 bridgehead atoms. The molecule has 0 spiro atoms. The van der Waals surface area contributed by atoms with E-state index in [0.717, 1.165) is 30.8 Å². The lowest BCUT2D eigenvalue weighted by Gasteiger charge is -2.31. The van der Waals surface area contributed by atoms with Gasteiger partial charge in [-0.05, 0) is 53.5 Å². The molecular formula is C14H31IN4S.